The second kappa shape index (κ2) is 7.55. The van der Waals surface area contributed by atoms with Crippen LogP contribution in [0.15, 0.2) is 18.2 Å². The number of benzene rings is 1. The molecule has 0 aliphatic rings. The number of ether oxygens (including phenoxy) is 2. The molecule has 0 bridgehead atoms. The fourth-order valence-corrected chi connectivity index (χ4v) is 1.50. The topological polar surface area (TPSA) is 67.8 Å². The van der Waals surface area contributed by atoms with Crippen molar-refractivity contribution >= 4 is 5.97 Å². The van der Waals surface area contributed by atoms with Crippen LogP contribution < -0.4 is 10.1 Å². The number of para-hydroxylation sites is 1. The number of rotatable bonds is 7. The van der Waals surface area contributed by atoms with Crippen LogP contribution in [0.3, 0.4) is 0 Å². The lowest BCUT2D eigenvalue weighted by Crippen LogP contribution is -2.18. The minimum Gasteiger partial charge on any atom is -0.504 e. The van der Waals surface area contributed by atoms with Crippen molar-refractivity contribution in [1.29, 1.82) is 0 Å². The first-order valence-electron chi connectivity index (χ1n) is 5.90. The van der Waals surface area contributed by atoms with Crippen LogP contribution in [0.4, 0.5) is 0 Å². The molecule has 0 aliphatic heterocycles. The molecule has 0 unspecified atom stereocenters. The van der Waals surface area contributed by atoms with Crippen molar-refractivity contribution in [3.05, 3.63) is 23.8 Å². The van der Waals surface area contributed by atoms with Crippen molar-refractivity contribution in [1.82, 2.24) is 5.32 Å². The fourth-order valence-electron chi connectivity index (χ4n) is 1.50. The summed E-state index contributed by atoms with van der Waals surface area (Å²) in [5.41, 5.74) is 0.741. The highest BCUT2D eigenvalue weighted by molar-refractivity contribution is 5.69. The lowest BCUT2D eigenvalue weighted by atomic mass is 10.2. The number of methoxy groups -OCH3 is 1. The molecule has 0 fully saturated rings. The fraction of sp³-hybridized carbons (Fsp3) is 0.462. The summed E-state index contributed by atoms with van der Waals surface area (Å²) < 4.78 is 9.82. The van der Waals surface area contributed by atoms with Crippen molar-refractivity contribution < 1.29 is 19.4 Å². The van der Waals surface area contributed by atoms with Gasteiger partial charge in [-0.05, 0) is 13.0 Å². The van der Waals surface area contributed by atoms with Crippen molar-refractivity contribution in [3.63, 3.8) is 0 Å². The Balaban J connectivity index is 2.47. The zero-order chi connectivity index (χ0) is 13.4. The smallest absolute Gasteiger partial charge is 0.306 e. The van der Waals surface area contributed by atoms with Gasteiger partial charge in [0, 0.05) is 18.7 Å². The minimum absolute atomic E-state index is 0.143. The monoisotopic (exact) mass is 253 g/mol. The van der Waals surface area contributed by atoms with E-state index < -0.39 is 0 Å². The van der Waals surface area contributed by atoms with Crippen LogP contribution in [0.1, 0.15) is 18.9 Å². The summed E-state index contributed by atoms with van der Waals surface area (Å²) in [6, 6.07) is 5.35. The zero-order valence-corrected chi connectivity index (χ0v) is 10.7. The Bertz CT molecular complexity index is 393. The second-order valence-electron chi connectivity index (χ2n) is 3.70. The molecule has 0 radical (unpaired) electrons. The van der Waals surface area contributed by atoms with Gasteiger partial charge in [-0.1, -0.05) is 12.1 Å². The van der Waals surface area contributed by atoms with Crippen molar-refractivity contribution in [3.8, 4) is 11.5 Å². The summed E-state index contributed by atoms with van der Waals surface area (Å²) in [6.45, 7) is 3.35. The van der Waals surface area contributed by atoms with Gasteiger partial charge in [0.05, 0.1) is 20.1 Å². The van der Waals surface area contributed by atoms with E-state index in [0.717, 1.165) is 5.56 Å². The first kappa shape index (κ1) is 14.3. The van der Waals surface area contributed by atoms with Gasteiger partial charge >= 0.3 is 5.97 Å². The van der Waals surface area contributed by atoms with Gasteiger partial charge in [0.1, 0.15) is 0 Å². The maximum atomic E-state index is 10.9. The first-order valence-corrected chi connectivity index (χ1v) is 5.90. The highest BCUT2D eigenvalue weighted by Gasteiger charge is 2.07. The summed E-state index contributed by atoms with van der Waals surface area (Å²) in [5.74, 6) is 0.365. The molecular formula is C13H19NO4. The van der Waals surface area contributed by atoms with E-state index in [1.54, 1.807) is 6.07 Å². The number of phenols is 1. The molecule has 0 aliphatic carbocycles. The predicted molar refractivity (Wildman–Crippen MR) is 67.6 cm³/mol. The number of carbonyl (C=O) groups is 1. The van der Waals surface area contributed by atoms with E-state index in [9.17, 15) is 9.90 Å². The maximum absolute atomic E-state index is 10.9. The molecule has 2 N–H and O–H groups in total. The number of carbonyl (C=O) groups excluding carboxylic acids is 1. The second-order valence-corrected chi connectivity index (χ2v) is 3.70. The Kier molecular flexibility index (Phi) is 6.00. The van der Waals surface area contributed by atoms with Gasteiger partial charge in [0.15, 0.2) is 11.5 Å². The lowest BCUT2D eigenvalue weighted by molar-refractivity contribution is -0.140. The normalized spacial score (nSPS) is 10.1. The third-order valence-corrected chi connectivity index (χ3v) is 2.43. The van der Waals surface area contributed by atoms with E-state index in [0.29, 0.717) is 31.9 Å². The molecule has 5 heteroatoms. The van der Waals surface area contributed by atoms with E-state index in [-0.39, 0.29) is 11.7 Å². The molecule has 0 amide bonds. The van der Waals surface area contributed by atoms with Gasteiger partial charge in [0.2, 0.25) is 0 Å². The molecular weight excluding hydrogens is 234 g/mol. The molecule has 100 valence electrons. The third-order valence-electron chi connectivity index (χ3n) is 2.43. The zero-order valence-electron chi connectivity index (χ0n) is 10.7. The Labute approximate surface area is 107 Å². The van der Waals surface area contributed by atoms with E-state index in [2.05, 4.69) is 10.1 Å². The maximum Gasteiger partial charge on any atom is 0.306 e. The molecule has 0 saturated carbocycles. The van der Waals surface area contributed by atoms with E-state index in [1.165, 1.54) is 7.11 Å². The van der Waals surface area contributed by atoms with E-state index >= 15 is 0 Å². The van der Waals surface area contributed by atoms with Gasteiger partial charge < -0.3 is 19.9 Å². The van der Waals surface area contributed by atoms with Crippen LogP contribution in [-0.4, -0.2) is 31.3 Å². The SMILES string of the molecule is CCOc1cccc(CNCCC(=O)OC)c1O. The molecule has 0 spiro atoms. The number of nitrogens with one attached hydrogen (secondary N) is 1. The van der Waals surface area contributed by atoms with E-state index in [4.69, 9.17) is 4.74 Å². The van der Waals surface area contributed by atoms with Gasteiger partial charge in [-0.25, -0.2) is 0 Å². The summed E-state index contributed by atoms with van der Waals surface area (Å²) in [6.07, 6.45) is 0.308. The molecule has 5 nitrogen and oxygen atoms in total. The molecule has 1 rings (SSSR count). The Morgan fingerprint density at radius 1 is 1.44 bits per heavy atom. The van der Waals surface area contributed by atoms with Crippen LogP contribution in [0, 0.1) is 0 Å². The molecule has 0 saturated heterocycles. The number of hydrogen-bond acceptors (Lipinski definition) is 5. The Morgan fingerprint density at radius 3 is 2.89 bits per heavy atom. The first-order chi connectivity index (χ1) is 8.69. The molecule has 1 aromatic carbocycles. The van der Waals surface area contributed by atoms with Crippen LogP contribution in [-0.2, 0) is 16.1 Å². The highest BCUT2D eigenvalue weighted by Crippen LogP contribution is 2.29. The molecule has 0 heterocycles. The van der Waals surface area contributed by atoms with Gasteiger partial charge in [-0.3, -0.25) is 4.79 Å². The van der Waals surface area contributed by atoms with E-state index in [1.807, 2.05) is 19.1 Å². The Morgan fingerprint density at radius 2 is 2.22 bits per heavy atom. The number of hydrogen-bond donors (Lipinski definition) is 2. The van der Waals surface area contributed by atoms with Crippen LogP contribution in [0.2, 0.25) is 0 Å². The Hall–Kier alpha value is -1.75. The van der Waals surface area contributed by atoms with Crippen LogP contribution in [0.25, 0.3) is 0 Å². The molecule has 0 atom stereocenters. The van der Waals surface area contributed by atoms with Crippen LogP contribution in [0.5, 0.6) is 11.5 Å². The predicted octanol–water partition coefficient (Wildman–Crippen LogP) is 1.44. The highest BCUT2D eigenvalue weighted by atomic mass is 16.5. The summed E-state index contributed by atoms with van der Waals surface area (Å²) in [7, 11) is 1.36. The largest absolute Gasteiger partial charge is 0.504 e. The van der Waals surface area contributed by atoms with Gasteiger partial charge in [0.25, 0.3) is 0 Å². The summed E-state index contributed by atoms with van der Waals surface area (Å²) in [4.78, 5) is 10.9. The van der Waals surface area contributed by atoms with Crippen molar-refractivity contribution in [2.24, 2.45) is 0 Å². The van der Waals surface area contributed by atoms with Crippen LogP contribution >= 0.6 is 0 Å². The minimum atomic E-state index is -0.255. The summed E-state index contributed by atoms with van der Waals surface area (Å²) >= 11 is 0. The van der Waals surface area contributed by atoms with Gasteiger partial charge in [-0.2, -0.15) is 0 Å². The average molecular weight is 253 g/mol. The molecule has 0 aromatic heterocycles. The number of phenolic OH excluding ortho intramolecular Hbond substituents is 1. The average Bonchev–Trinajstić information content (AvgIpc) is 2.38. The quantitative estimate of drug-likeness (QED) is 0.568. The molecule has 18 heavy (non-hydrogen) atoms. The number of esters is 1. The van der Waals surface area contributed by atoms with Crippen molar-refractivity contribution in [2.45, 2.75) is 19.9 Å². The lowest BCUT2D eigenvalue weighted by Gasteiger charge is -2.10. The van der Waals surface area contributed by atoms with Gasteiger partial charge in [-0.15, -0.1) is 0 Å². The third kappa shape index (κ3) is 4.25. The molecule has 1 aromatic rings. The van der Waals surface area contributed by atoms with Crippen molar-refractivity contribution in [2.75, 3.05) is 20.3 Å². The standard InChI is InChI=1S/C13H19NO4/c1-3-18-11-6-4-5-10(13(11)16)9-14-8-7-12(15)17-2/h4-6,14,16H,3,7-9H2,1-2H3. The summed E-state index contributed by atoms with van der Waals surface area (Å²) in [5, 5.41) is 13.0. The number of aromatic hydroxyl groups is 1.